The van der Waals surface area contributed by atoms with Gasteiger partial charge < -0.3 is 14.5 Å². The summed E-state index contributed by atoms with van der Waals surface area (Å²) in [5, 5.41) is 3.62. The smallest absolute Gasteiger partial charge is 0.262 e. The molecule has 146 valence electrons. The van der Waals surface area contributed by atoms with Crippen molar-refractivity contribution >= 4 is 45.9 Å². The number of aromatic nitrogens is 1. The first-order valence-electron chi connectivity index (χ1n) is 8.84. The van der Waals surface area contributed by atoms with Gasteiger partial charge >= 0.3 is 0 Å². The summed E-state index contributed by atoms with van der Waals surface area (Å²) in [6.07, 6.45) is 0. The van der Waals surface area contributed by atoms with Crippen molar-refractivity contribution in [2.24, 2.45) is 0 Å². The molecule has 7 heteroatoms. The molecule has 0 aliphatic rings. The molecular weight excluding hydrogens is 411 g/mol. The molecule has 5 nitrogen and oxygen atoms in total. The molecule has 0 spiro atoms. The number of hydrogen-bond acceptors (Lipinski definition) is 4. The lowest BCUT2D eigenvalue weighted by Gasteiger charge is -2.09. The van der Waals surface area contributed by atoms with Crippen molar-refractivity contribution in [3.8, 4) is 17.2 Å². The van der Waals surface area contributed by atoms with E-state index in [9.17, 15) is 4.79 Å². The summed E-state index contributed by atoms with van der Waals surface area (Å²) >= 11 is 11.9. The van der Waals surface area contributed by atoms with Gasteiger partial charge in [-0.1, -0.05) is 41.4 Å². The Kier molecular flexibility index (Phi) is 5.43. The van der Waals surface area contributed by atoms with Gasteiger partial charge in [-0.3, -0.25) is 4.79 Å². The van der Waals surface area contributed by atoms with Crippen LogP contribution in [0.4, 0.5) is 5.69 Å². The van der Waals surface area contributed by atoms with Crippen molar-refractivity contribution in [2.75, 3.05) is 11.9 Å². The largest absolute Gasteiger partial charge is 0.482 e. The van der Waals surface area contributed by atoms with Crippen molar-refractivity contribution in [2.45, 2.75) is 6.92 Å². The number of benzene rings is 3. The van der Waals surface area contributed by atoms with E-state index >= 15 is 0 Å². The molecule has 0 saturated carbocycles. The maximum absolute atomic E-state index is 12.2. The first-order valence-corrected chi connectivity index (χ1v) is 9.59. The molecule has 0 bridgehead atoms. The van der Waals surface area contributed by atoms with Gasteiger partial charge in [0.25, 0.3) is 5.91 Å². The maximum atomic E-state index is 12.2. The average molecular weight is 427 g/mol. The van der Waals surface area contributed by atoms with Crippen molar-refractivity contribution < 1.29 is 13.9 Å². The summed E-state index contributed by atoms with van der Waals surface area (Å²) in [7, 11) is 0. The number of ether oxygens (including phenoxy) is 1. The molecule has 0 saturated heterocycles. The minimum Gasteiger partial charge on any atom is -0.482 e. The molecule has 0 fully saturated rings. The molecule has 0 atom stereocenters. The number of carbonyl (C=O) groups excluding carboxylic acids is 1. The van der Waals surface area contributed by atoms with Gasteiger partial charge in [0.1, 0.15) is 11.3 Å². The van der Waals surface area contributed by atoms with E-state index in [4.69, 9.17) is 32.4 Å². The quantitative estimate of drug-likeness (QED) is 0.416. The second-order valence-electron chi connectivity index (χ2n) is 6.43. The van der Waals surface area contributed by atoms with Crippen molar-refractivity contribution in [3.63, 3.8) is 0 Å². The third-order valence-corrected chi connectivity index (χ3v) is 4.83. The van der Waals surface area contributed by atoms with Crippen LogP contribution in [-0.2, 0) is 4.79 Å². The highest BCUT2D eigenvalue weighted by Gasteiger charge is 2.12. The third-order valence-electron chi connectivity index (χ3n) is 4.30. The molecule has 1 amide bonds. The Labute approximate surface area is 177 Å². The molecule has 1 heterocycles. The lowest BCUT2D eigenvalue weighted by molar-refractivity contribution is -0.118. The van der Waals surface area contributed by atoms with E-state index in [-0.39, 0.29) is 12.5 Å². The number of nitrogens with one attached hydrogen (secondary N) is 1. The number of hydrogen-bond donors (Lipinski definition) is 1. The Morgan fingerprint density at radius 1 is 1.10 bits per heavy atom. The summed E-state index contributed by atoms with van der Waals surface area (Å²) in [4.78, 5) is 16.7. The topological polar surface area (TPSA) is 64.4 Å². The summed E-state index contributed by atoms with van der Waals surface area (Å²) in [5.74, 6) is 0.607. The summed E-state index contributed by atoms with van der Waals surface area (Å²) in [6, 6.07) is 18.0. The molecule has 3 aromatic carbocycles. The fourth-order valence-corrected chi connectivity index (χ4v) is 3.33. The Hall–Kier alpha value is -3.02. The monoisotopic (exact) mass is 426 g/mol. The SMILES string of the molecule is Cc1ccccc1-c1nc2ccc(NC(=O)COc3ccc(Cl)cc3Cl)cc2o1. The normalized spacial score (nSPS) is 10.9. The predicted molar refractivity (Wildman–Crippen MR) is 115 cm³/mol. The van der Waals surface area contributed by atoms with Crippen LogP contribution in [0.2, 0.25) is 10.0 Å². The Balaban J connectivity index is 1.46. The van der Waals surface area contributed by atoms with Crippen LogP contribution in [0.25, 0.3) is 22.6 Å². The van der Waals surface area contributed by atoms with Crippen LogP contribution < -0.4 is 10.1 Å². The van der Waals surface area contributed by atoms with E-state index in [1.165, 1.54) is 0 Å². The molecule has 29 heavy (non-hydrogen) atoms. The number of halogens is 2. The van der Waals surface area contributed by atoms with Gasteiger partial charge in [-0.2, -0.15) is 0 Å². The Bertz CT molecular complexity index is 1200. The third kappa shape index (κ3) is 4.36. The zero-order chi connectivity index (χ0) is 20.4. The van der Waals surface area contributed by atoms with Gasteiger partial charge in [-0.25, -0.2) is 4.98 Å². The molecule has 1 aromatic heterocycles. The first kappa shape index (κ1) is 19.3. The van der Waals surface area contributed by atoms with Crippen molar-refractivity contribution in [3.05, 3.63) is 76.3 Å². The highest BCUT2D eigenvalue weighted by atomic mass is 35.5. The van der Waals surface area contributed by atoms with Gasteiger partial charge in [0.05, 0.1) is 5.02 Å². The predicted octanol–water partition coefficient (Wildman–Crippen LogP) is 6.13. The van der Waals surface area contributed by atoms with Crippen LogP contribution in [0.15, 0.2) is 65.1 Å². The molecule has 0 radical (unpaired) electrons. The highest BCUT2D eigenvalue weighted by Crippen LogP contribution is 2.29. The van der Waals surface area contributed by atoms with Crippen LogP contribution in [0.3, 0.4) is 0 Å². The van der Waals surface area contributed by atoms with Gasteiger partial charge in [-0.05, 0) is 48.9 Å². The number of oxazole rings is 1. The van der Waals surface area contributed by atoms with E-state index in [0.717, 1.165) is 11.1 Å². The van der Waals surface area contributed by atoms with Crippen molar-refractivity contribution in [1.82, 2.24) is 4.98 Å². The van der Waals surface area contributed by atoms with Crippen molar-refractivity contribution in [1.29, 1.82) is 0 Å². The van der Waals surface area contributed by atoms with E-state index in [2.05, 4.69) is 10.3 Å². The van der Waals surface area contributed by atoms with Gasteiger partial charge in [0, 0.05) is 22.3 Å². The molecule has 1 N–H and O–H groups in total. The van der Waals surface area contributed by atoms with Crippen LogP contribution >= 0.6 is 23.2 Å². The minimum atomic E-state index is -0.325. The van der Waals surface area contributed by atoms with E-state index in [0.29, 0.717) is 38.5 Å². The first-order chi connectivity index (χ1) is 14.0. The fraction of sp³-hybridized carbons (Fsp3) is 0.0909. The summed E-state index contributed by atoms with van der Waals surface area (Å²) in [6.45, 7) is 1.81. The molecular formula is C22H16Cl2N2O3. The highest BCUT2D eigenvalue weighted by molar-refractivity contribution is 6.35. The van der Waals surface area contributed by atoms with Crippen LogP contribution in [-0.4, -0.2) is 17.5 Å². The second-order valence-corrected chi connectivity index (χ2v) is 7.27. The zero-order valence-electron chi connectivity index (χ0n) is 15.4. The number of aryl methyl sites for hydroxylation is 1. The molecule has 0 aliphatic carbocycles. The minimum absolute atomic E-state index is 0.190. The van der Waals surface area contributed by atoms with Crippen LogP contribution in [0.5, 0.6) is 5.75 Å². The summed E-state index contributed by atoms with van der Waals surface area (Å²) < 4.78 is 11.3. The summed E-state index contributed by atoms with van der Waals surface area (Å²) in [5.41, 5.74) is 3.89. The number of amides is 1. The number of rotatable bonds is 5. The van der Waals surface area contributed by atoms with Gasteiger partial charge in [0.15, 0.2) is 12.2 Å². The number of fused-ring (bicyclic) bond motifs is 1. The second kappa shape index (κ2) is 8.15. The maximum Gasteiger partial charge on any atom is 0.262 e. The number of carbonyl (C=O) groups is 1. The van der Waals surface area contributed by atoms with E-state index in [1.807, 2.05) is 31.2 Å². The lowest BCUT2D eigenvalue weighted by atomic mass is 10.1. The lowest BCUT2D eigenvalue weighted by Crippen LogP contribution is -2.20. The zero-order valence-corrected chi connectivity index (χ0v) is 16.9. The van der Waals surface area contributed by atoms with Crippen LogP contribution in [0.1, 0.15) is 5.56 Å². The number of anilines is 1. The fourth-order valence-electron chi connectivity index (χ4n) is 2.86. The van der Waals surface area contributed by atoms with E-state index < -0.39 is 0 Å². The van der Waals surface area contributed by atoms with Gasteiger partial charge in [0.2, 0.25) is 5.89 Å². The Morgan fingerprint density at radius 2 is 1.93 bits per heavy atom. The molecule has 0 aliphatic heterocycles. The Morgan fingerprint density at radius 3 is 2.72 bits per heavy atom. The van der Waals surface area contributed by atoms with Gasteiger partial charge in [-0.15, -0.1) is 0 Å². The van der Waals surface area contributed by atoms with Crippen LogP contribution in [0, 0.1) is 6.92 Å². The molecule has 0 unspecified atom stereocenters. The molecule has 4 rings (SSSR count). The average Bonchev–Trinajstić information content (AvgIpc) is 3.10. The standard InChI is InChI=1S/C22H16Cl2N2O3/c1-13-4-2-3-5-16(13)22-26-18-8-7-15(11-20(18)29-22)25-21(27)12-28-19-9-6-14(23)10-17(19)24/h2-11H,12H2,1H3,(H,25,27). The van der Waals surface area contributed by atoms with E-state index in [1.54, 1.807) is 36.4 Å². The molecule has 4 aromatic rings. The number of nitrogens with zero attached hydrogens (tertiary/aromatic N) is 1.